The van der Waals surface area contributed by atoms with Gasteiger partial charge in [0.15, 0.2) is 0 Å². The van der Waals surface area contributed by atoms with Gasteiger partial charge in [-0.2, -0.15) is 9.37 Å². The Balaban J connectivity index is 3.03. The van der Waals surface area contributed by atoms with Crippen molar-refractivity contribution in [1.82, 2.24) is 9.97 Å². The number of hydrogen-bond acceptors (Lipinski definition) is 2. The first-order valence-corrected chi connectivity index (χ1v) is 2.22. The van der Waals surface area contributed by atoms with Gasteiger partial charge in [-0.05, 0) is 0 Å². The first kappa shape index (κ1) is 5.44. The lowest BCUT2D eigenvalue weighted by Crippen LogP contribution is -1.84. The van der Waals surface area contributed by atoms with Gasteiger partial charge in [-0.25, -0.2) is 4.98 Å². The number of halogens is 2. The van der Waals surface area contributed by atoms with E-state index in [2.05, 4.69) is 16.2 Å². The summed E-state index contributed by atoms with van der Waals surface area (Å²) < 4.78 is 11.8. The maximum atomic E-state index is 11.8. The molecule has 2 nitrogen and oxygen atoms in total. The summed E-state index contributed by atoms with van der Waals surface area (Å²) in [4.78, 5) is 6.18. The lowest BCUT2D eigenvalue weighted by molar-refractivity contribution is 0.537. The van der Waals surface area contributed by atoms with Gasteiger partial charge in [0, 0.05) is 0 Å². The molecule has 0 aliphatic heterocycles. The Kier molecular flexibility index (Phi) is 1.39. The first-order valence-electron chi connectivity index (χ1n) is 1.85. The summed E-state index contributed by atoms with van der Waals surface area (Å²) in [5.74, 6) is 0. The lowest BCUT2D eigenvalue weighted by Gasteiger charge is -1.82. The molecule has 1 rings (SSSR count). The summed E-state index contributed by atoms with van der Waals surface area (Å²) in [6, 6.07) is 0. The molecule has 0 saturated heterocycles. The Hall–Kier alpha value is -0.700. The van der Waals surface area contributed by atoms with E-state index in [9.17, 15) is 4.39 Å². The molecule has 0 aliphatic rings. The SMILES string of the molecule is Fc1n[c]c(Cl)cn1. The van der Waals surface area contributed by atoms with Crippen LogP contribution in [-0.4, -0.2) is 9.97 Å². The number of hydrogen-bond donors (Lipinski definition) is 0. The van der Waals surface area contributed by atoms with Gasteiger partial charge in [0.2, 0.25) is 0 Å². The minimum atomic E-state index is -0.811. The van der Waals surface area contributed by atoms with Gasteiger partial charge >= 0.3 is 6.08 Å². The highest BCUT2D eigenvalue weighted by Crippen LogP contribution is 1.99. The van der Waals surface area contributed by atoms with Crippen molar-refractivity contribution < 1.29 is 4.39 Å². The zero-order chi connectivity index (χ0) is 5.98. The molecule has 0 spiro atoms. The molecule has 8 heavy (non-hydrogen) atoms. The smallest absolute Gasteiger partial charge is 0.209 e. The molecular formula is C4HClFN2. The van der Waals surface area contributed by atoms with Crippen molar-refractivity contribution in [3.8, 4) is 0 Å². The predicted molar refractivity (Wildman–Crippen MR) is 25.8 cm³/mol. The van der Waals surface area contributed by atoms with Crippen LogP contribution in [0.3, 0.4) is 0 Å². The Bertz CT molecular complexity index is 153. The minimum absolute atomic E-state index is 0.214. The number of nitrogens with zero attached hydrogens (tertiary/aromatic N) is 2. The molecule has 0 aromatic carbocycles. The third-order valence-corrected chi connectivity index (χ3v) is 0.721. The topological polar surface area (TPSA) is 25.8 Å². The molecule has 0 atom stereocenters. The van der Waals surface area contributed by atoms with E-state index in [1.54, 1.807) is 0 Å². The molecule has 1 aromatic heterocycles. The Morgan fingerprint density at radius 1 is 1.75 bits per heavy atom. The summed E-state index contributed by atoms with van der Waals surface area (Å²) in [6.07, 6.45) is 2.51. The first-order chi connectivity index (χ1) is 3.79. The maximum absolute atomic E-state index is 11.8. The highest BCUT2D eigenvalue weighted by molar-refractivity contribution is 6.30. The molecule has 0 aliphatic carbocycles. The molecule has 0 bridgehead atoms. The number of rotatable bonds is 0. The van der Waals surface area contributed by atoms with Gasteiger partial charge in [-0.3, -0.25) is 0 Å². The van der Waals surface area contributed by atoms with E-state index < -0.39 is 6.08 Å². The number of aromatic nitrogens is 2. The van der Waals surface area contributed by atoms with Crippen LogP contribution in [0, 0.1) is 12.3 Å². The van der Waals surface area contributed by atoms with Crippen LogP contribution in [-0.2, 0) is 0 Å². The predicted octanol–water partition coefficient (Wildman–Crippen LogP) is 1.07. The van der Waals surface area contributed by atoms with Crippen molar-refractivity contribution in [2.45, 2.75) is 0 Å². The second-order valence-electron chi connectivity index (χ2n) is 1.10. The van der Waals surface area contributed by atoms with E-state index in [0.29, 0.717) is 0 Å². The molecule has 4 heteroatoms. The molecule has 1 aromatic rings. The standard InChI is InChI=1S/C4HClFN2/c5-3-1-7-4(6)8-2-3/h1H. The highest BCUT2D eigenvalue weighted by Gasteiger charge is 1.89. The third kappa shape index (κ3) is 1.13. The quantitative estimate of drug-likeness (QED) is 0.492. The van der Waals surface area contributed by atoms with Crippen LogP contribution in [0.2, 0.25) is 5.02 Å². The fraction of sp³-hybridized carbons (Fsp3) is 0. The summed E-state index contributed by atoms with van der Waals surface area (Å²) in [7, 11) is 0. The normalized spacial score (nSPS) is 9.25. The zero-order valence-corrected chi connectivity index (χ0v) is 4.48. The van der Waals surface area contributed by atoms with Gasteiger partial charge in [0.1, 0.15) is 6.20 Å². The van der Waals surface area contributed by atoms with Crippen LogP contribution in [0.25, 0.3) is 0 Å². The van der Waals surface area contributed by atoms with Crippen molar-refractivity contribution in [1.29, 1.82) is 0 Å². The highest BCUT2D eigenvalue weighted by atomic mass is 35.5. The molecule has 0 unspecified atom stereocenters. The van der Waals surface area contributed by atoms with E-state index in [1.807, 2.05) is 0 Å². The third-order valence-electron chi connectivity index (χ3n) is 0.539. The average molecular weight is 132 g/mol. The molecule has 41 valence electrons. The fourth-order valence-electron chi connectivity index (χ4n) is 0.267. The van der Waals surface area contributed by atoms with Crippen LogP contribution in [0.1, 0.15) is 0 Å². The maximum Gasteiger partial charge on any atom is 0.309 e. The van der Waals surface area contributed by atoms with Gasteiger partial charge in [0.25, 0.3) is 0 Å². The van der Waals surface area contributed by atoms with Crippen LogP contribution in [0.15, 0.2) is 6.20 Å². The molecule has 0 fully saturated rings. The van der Waals surface area contributed by atoms with Crippen LogP contribution < -0.4 is 0 Å². The van der Waals surface area contributed by atoms with Gasteiger partial charge in [-0.15, -0.1) is 0 Å². The van der Waals surface area contributed by atoms with E-state index in [-0.39, 0.29) is 5.02 Å². The van der Waals surface area contributed by atoms with Gasteiger partial charge in [-0.1, -0.05) is 11.6 Å². The monoisotopic (exact) mass is 131 g/mol. The van der Waals surface area contributed by atoms with E-state index in [4.69, 9.17) is 11.6 Å². The van der Waals surface area contributed by atoms with Crippen molar-refractivity contribution in [2.24, 2.45) is 0 Å². The lowest BCUT2D eigenvalue weighted by atomic mass is 10.7. The van der Waals surface area contributed by atoms with E-state index in [1.165, 1.54) is 0 Å². The van der Waals surface area contributed by atoms with Crippen molar-refractivity contribution >= 4 is 11.6 Å². The Morgan fingerprint density at radius 3 is 2.88 bits per heavy atom. The van der Waals surface area contributed by atoms with Crippen molar-refractivity contribution in [2.75, 3.05) is 0 Å². The zero-order valence-electron chi connectivity index (χ0n) is 3.73. The van der Waals surface area contributed by atoms with E-state index >= 15 is 0 Å². The molecule has 0 saturated carbocycles. The molecule has 1 radical (unpaired) electrons. The second-order valence-corrected chi connectivity index (χ2v) is 1.51. The van der Waals surface area contributed by atoms with E-state index in [0.717, 1.165) is 6.20 Å². The minimum Gasteiger partial charge on any atom is -0.209 e. The second kappa shape index (κ2) is 2.05. The summed E-state index contributed by atoms with van der Waals surface area (Å²) >= 11 is 5.26. The fourth-order valence-corrected chi connectivity index (χ4v) is 0.358. The van der Waals surface area contributed by atoms with Crippen LogP contribution in [0.4, 0.5) is 4.39 Å². The summed E-state index contributed by atoms with van der Waals surface area (Å²) in [5.41, 5.74) is 0. The molecule has 0 amide bonds. The Labute approximate surface area is 50.3 Å². The van der Waals surface area contributed by atoms with Crippen LogP contribution >= 0.6 is 11.6 Å². The molecule has 0 N–H and O–H groups in total. The average Bonchev–Trinajstić information content (AvgIpc) is 1.77. The molecular weight excluding hydrogens is 131 g/mol. The summed E-state index contributed by atoms with van der Waals surface area (Å²) in [5, 5.41) is 0.214. The largest absolute Gasteiger partial charge is 0.309 e. The van der Waals surface area contributed by atoms with Gasteiger partial charge in [0.05, 0.1) is 11.2 Å². The summed E-state index contributed by atoms with van der Waals surface area (Å²) in [6.45, 7) is 0. The van der Waals surface area contributed by atoms with Gasteiger partial charge < -0.3 is 0 Å². The Morgan fingerprint density at radius 2 is 2.50 bits per heavy atom. The van der Waals surface area contributed by atoms with Crippen molar-refractivity contribution in [3.05, 3.63) is 23.5 Å². The van der Waals surface area contributed by atoms with Crippen LogP contribution in [0.5, 0.6) is 0 Å². The molecule has 1 heterocycles. The van der Waals surface area contributed by atoms with Crippen molar-refractivity contribution in [3.63, 3.8) is 0 Å².